The quantitative estimate of drug-likeness (QED) is 0.435. The number of halogens is 2. The molecule has 0 amide bonds. The van der Waals surface area contributed by atoms with Crippen molar-refractivity contribution in [2.24, 2.45) is 4.02 Å². The lowest BCUT2D eigenvalue weighted by molar-refractivity contribution is 0.403. The maximum Gasteiger partial charge on any atom is 0.233 e. The largest absolute Gasteiger partial charge is 0.496 e. The van der Waals surface area contributed by atoms with Crippen molar-refractivity contribution in [3.05, 3.63) is 71.8 Å². The van der Waals surface area contributed by atoms with E-state index in [0.717, 1.165) is 21.9 Å². The van der Waals surface area contributed by atoms with Gasteiger partial charge in [0.15, 0.2) is 4.32 Å². The molecule has 4 rings (SSSR count). The van der Waals surface area contributed by atoms with Crippen molar-refractivity contribution in [1.82, 2.24) is 0 Å². The normalized spacial score (nSPS) is 22.7. The van der Waals surface area contributed by atoms with Gasteiger partial charge in [0.1, 0.15) is 11.5 Å². The Morgan fingerprint density at radius 3 is 2.59 bits per heavy atom. The Hall–Kier alpha value is -2.36. The van der Waals surface area contributed by atoms with Gasteiger partial charge in [-0.3, -0.25) is 0 Å². The lowest BCUT2D eigenvalue weighted by atomic mass is 9.76. The Kier molecular flexibility index (Phi) is 4.67. The van der Waals surface area contributed by atoms with E-state index in [1.807, 2.05) is 60.7 Å². The average molecular weight is 486 g/mol. The third kappa shape index (κ3) is 2.73. The SMILES string of the molecule is COc1ccccc1[C@H]1c2c(ccc3ccccc23)OC(=NBr)[C@@]1(Br)C#N. The second-order valence-electron chi connectivity index (χ2n) is 6.19. The lowest BCUT2D eigenvalue weighted by Crippen LogP contribution is -2.44. The number of nitrogens with zero attached hydrogens (tertiary/aromatic N) is 2. The van der Waals surface area contributed by atoms with E-state index in [9.17, 15) is 5.26 Å². The number of alkyl halides is 1. The average Bonchev–Trinajstić information content (AvgIpc) is 2.73. The molecule has 1 aliphatic heterocycles. The van der Waals surface area contributed by atoms with Crippen LogP contribution in [0.1, 0.15) is 17.0 Å². The Labute approximate surface area is 173 Å². The van der Waals surface area contributed by atoms with Gasteiger partial charge in [-0.25, -0.2) is 0 Å². The molecule has 0 aromatic heterocycles. The minimum Gasteiger partial charge on any atom is -0.496 e. The summed E-state index contributed by atoms with van der Waals surface area (Å²) in [6.07, 6.45) is 0. The molecule has 1 aliphatic rings. The second kappa shape index (κ2) is 6.99. The summed E-state index contributed by atoms with van der Waals surface area (Å²) in [6, 6.07) is 22.1. The second-order valence-corrected chi connectivity index (χ2v) is 7.79. The number of hydrogen-bond acceptors (Lipinski definition) is 4. The summed E-state index contributed by atoms with van der Waals surface area (Å²) in [4.78, 5) is 0. The van der Waals surface area contributed by atoms with Crippen LogP contribution < -0.4 is 9.47 Å². The smallest absolute Gasteiger partial charge is 0.233 e. The summed E-state index contributed by atoms with van der Waals surface area (Å²) in [7, 11) is 1.63. The number of nitriles is 1. The molecule has 6 heteroatoms. The van der Waals surface area contributed by atoms with Gasteiger partial charge < -0.3 is 9.47 Å². The molecule has 3 aromatic carbocycles. The van der Waals surface area contributed by atoms with Crippen LogP contribution in [0.25, 0.3) is 10.8 Å². The van der Waals surface area contributed by atoms with E-state index < -0.39 is 4.32 Å². The Balaban J connectivity index is 2.13. The number of hydrogen-bond donors (Lipinski definition) is 0. The van der Waals surface area contributed by atoms with Crippen molar-refractivity contribution in [3.63, 3.8) is 0 Å². The molecule has 0 fully saturated rings. The van der Waals surface area contributed by atoms with Crippen LogP contribution in [-0.2, 0) is 0 Å². The van der Waals surface area contributed by atoms with Crippen molar-refractivity contribution in [2.75, 3.05) is 7.11 Å². The van der Waals surface area contributed by atoms with Gasteiger partial charge >= 0.3 is 0 Å². The molecule has 27 heavy (non-hydrogen) atoms. The standard InChI is InChI=1S/C21H14Br2N2O2/c1-26-16-9-5-4-8-15(16)19-18-14-7-3-2-6-13(14)10-11-17(18)27-20(25-23)21(19,22)12-24/h2-11,19H,1H3/t19-,21+/m0/s1. The van der Waals surface area contributed by atoms with E-state index in [1.54, 1.807) is 7.11 Å². The number of para-hydroxylation sites is 1. The molecule has 0 aliphatic carbocycles. The Morgan fingerprint density at radius 1 is 1.11 bits per heavy atom. The molecule has 0 saturated carbocycles. The van der Waals surface area contributed by atoms with Crippen LogP contribution in [-0.4, -0.2) is 17.3 Å². The van der Waals surface area contributed by atoms with E-state index >= 15 is 0 Å². The van der Waals surface area contributed by atoms with E-state index in [2.05, 4.69) is 42.2 Å². The van der Waals surface area contributed by atoms with Gasteiger partial charge in [-0.2, -0.15) is 9.28 Å². The first kappa shape index (κ1) is 18.0. The van der Waals surface area contributed by atoms with Crippen LogP contribution in [0.2, 0.25) is 0 Å². The summed E-state index contributed by atoms with van der Waals surface area (Å²) < 4.78 is 14.5. The van der Waals surface area contributed by atoms with Gasteiger partial charge in [0.05, 0.1) is 35.2 Å². The number of ether oxygens (including phenoxy) is 2. The summed E-state index contributed by atoms with van der Waals surface area (Å²) >= 11 is 6.76. The third-order valence-corrected chi connectivity index (χ3v) is 6.12. The molecule has 3 aromatic rings. The lowest BCUT2D eigenvalue weighted by Gasteiger charge is -2.37. The van der Waals surface area contributed by atoms with E-state index in [1.165, 1.54) is 0 Å². The highest BCUT2D eigenvalue weighted by molar-refractivity contribution is 9.10. The molecule has 0 bridgehead atoms. The van der Waals surface area contributed by atoms with Gasteiger partial charge in [-0.1, -0.05) is 64.5 Å². The number of benzene rings is 3. The van der Waals surface area contributed by atoms with Crippen LogP contribution in [0.4, 0.5) is 0 Å². The highest BCUT2D eigenvalue weighted by Crippen LogP contribution is 2.53. The molecule has 134 valence electrons. The zero-order valence-corrected chi connectivity index (χ0v) is 17.5. The van der Waals surface area contributed by atoms with Crippen LogP contribution in [0.15, 0.2) is 64.7 Å². The Bertz CT molecular complexity index is 1110. The number of methoxy groups -OCH3 is 1. The van der Waals surface area contributed by atoms with Crippen LogP contribution >= 0.6 is 32.1 Å². The number of fused-ring (bicyclic) bond motifs is 3. The van der Waals surface area contributed by atoms with Crippen LogP contribution in [0.3, 0.4) is 0 Å². The van der Waals surface area contributed by atoms with Crippen molar-refractivity contribution in [3.8, 4) is 17.6 Å². The predicted molar refractivity (Wildman–Crippen MR) is 113 cm³/mol. The molecule has 0 N–H and O–H groups in total. The van der Waals surface area contributed by atoms with Crippen molar-refractivity contribution in [2.45, 2.75) is 10.2 Å². The van der Waals surface area contributed by atoms with E-state index in [0.29, 0.717) is 11.5 Å². The molecule has 0 unspecified atom stereocenters. The third-order valence-electron chi connectivity index (χ3n) is 4.82. The van der Waals surface area contributed by atoms with Gasteiger partial charge in [-0.05, 0) is 22.9 Å². The predicted octanol–water partition coefficient (Wildman–Crippen LogP) is 5.74. The Morgan fingerprint density at radius 2 is 1.85 bits per heavy atom. The highest BCUT2D eigenvalue weighted by Gasteiger charge is 2.51. The maximum absolute atomic E-state index is 10.1. The van der Waals surface area contributed by atoms with Crippen LogP contribution in [0.5, 0.6) is 11.5 Å². The minimum absolute atomic E-state index is 0.253. The molecule has 0 spiro atoms. The zero-order valence-electron chi connectivity index (χ0n) is 14.3. The molecule has 0 radical (unpaired) electrons. The van der Waals surface area contributed by atoms with Gasteiger partial charge in [0, 0.05) is 11.1 Å². The first-order chi connectivity index (χ1) is 13.1. The molecule has 0 saturated heterocycles. The van der Waals surface area contributed by atoms with Gasteiger partial charge in [-0.15, -0.1) is 0 Å². The van der Waals surface area contributed by atoms with Crippen molar-refractivity contribution >= 4 is 48.7 Å². The molecule has 2 atom stereocenters. The van der Waals surface area contributed by atoms with Gasteiger partial charge in [0.2, 0.25) is 5.90 Å². The highest BCUT2D eigenvalue weighted by atomic mass is 79.9. The summed E-state index contributed by atoms with van der Waals surface area (Å²) in [5.41, 5.74) is 1.81. The van der Waals surface area contributed by atoms with E-state index in [-0.39, 0.29) is 11.8 Å². The summed E-state index contributed by atoms with van der Waals surface area (Å²) in [6.45, 7) is 0. The molecular weight excluding hydrogens is 472 g/mol. The minimum atomic E-state index is -1.19. The monoisotopic (exact) mass is 484 g/mol. The first-order valence-electron chi connectivity index (χ1n) is 8.26. The van der Waals surface area contributed by atoms with Crippen molar-refractivity contribution < 1.29 is 9.47 Å². The molecule has 1 heterocycles. The molecule has 4 nitrogen and oxygen atoms in total. The fourth-order valence-corrected chi connectivity index (χ4v) is 4.86. The molecular formula is C21H14Br2N2O2. The topological polar surface area (TPSA) is 54.6 Å². The van der Waals surface area contributed by atoms with E-state index in [4.69, 9.17) is 9.47 Å². The van der Waals surface area contributed by atoms with Crippen LogP contribution in [0, 0.1) is 11.3 Å². The zero-order chi connectivity index (χ0) is 19.0. The number of rotatable bonds is 2. The summed E-state index contributed by atoms with van der Waals surface area (Å²) in [5.74, 6) is 1.25. The maximum atomic E-state index is 10.1. The fraction of sp³-hybridized carbons (Fsp3) is 0.143. The van der Waals surface area contributed by atoms with Gasteiger partial charge in [0.25, 0.3) is 0 Å². The van der Waals surface area contributed by atoms with Crippen molar-refractivity contribution in [1.29, 1.82) is 5.26 Å². The first-order valence-corrected chi connectivity index (χ1v) is 9.76. The fourth-order valence-electron chi connectivity index (χ4n) is 3.63. The summed E-state index contributed by atoms with van der Waals surface area (Å²) in [5, 5.41) is 12.2.